The summed E-state index contributed by atoms with van der Waals surface area (Å²) in [4.78, 5) is 11.8. The molecule has 0 fully saturated rings. The van der Waals surface area contributed by atoms with E-state index in [2.05, 4.69) is 11.4 Å². The summed E-state index contributed by atoms with van der Waals surface area (Å²) in [6.07, 6.45) is 0. The molecule has 91 valence electrons. The van der Waals surface area contributed by atoms with Gasteiger partial charge in [0, 0.05) is 12.1 Å². The maximum Gasteiger partial charge on any atom is 0.251 e. The predicted molar refractivity (Wildman–Crippen MR) is 69.4 cm³/mol. The molecule has 0 heterocycles. The molecule has 0 aliphatic heterocycles. The fraction of sp³-hybridized carbons (Fsp3) is 0.133. The van der Waals surface area contributed by atoms with Crippen LogP contribution in [0.2, 0.25) is 0 Å². The Bertz CT molecular complexity index is 506. The zero-order chi connectivity index (χ0) is 12.8. The lowest BCUT2D eigenvalue weighted by Gasteiger charge is -2.06. The highest BCUT2D eigenvalue weighted by atomic mass is 16.5. The van der Waals surface area contributed by atoms with Gasteiger partial charge in [-0.05, 0) is 35.9 Å². The van der Waals surface area contributed by atoms with Crippen LogP contribution in [0.5, 0.6) is 5.75 Å². The Morgan fingerprint density at radius 2 is 1.83 bits per heavy atom. The summed E-state index contributed by atoms with van der Waals surface area (Å²) in [5, 5.41) is 2.86. The lowest BCUT2D eigenvalue weighted by molar-refractivity contribution is 0.0951. The number of hydrogen-bond donors (Lipinski definition) is 1. The number of rotatable bonds is 4. The van der Waals surface area contributed by atoms with Gasteiger partial charge in [-0.2, -0.15) is 0 Å². The minimum Gasteiger partial charge on any atom is -0.497 e. The second-order valence-corrected chi connectivity index (χ2v) is 3.82. The van der Waals surface area contributed by atoms with E-state index in [-0.39, 0.29) is 5.91 Å². The van der Waals surface area contributed by atoms with Crippen LogP contribution in [0.25, 0.3) is 0 Å². The van der Waals surface area contributed by atoms with Gasteiger partial charge in [0.05, 0.1) is 7.11 Å². The van der Waals surface area contributed by atoms with Crippen LogP contribution >= 0.6 is 0 Å². The molecular weight excluding hydrogens is 226 g/mol. The summed E-state index contributed by atoms with van der Waals surface area (Å²) in [6, 6.07) is 17.4. The average molecular weight is 240 g/mol. The number of nitrogens with one attached hydrogen (secondary N) is 1. The molecule has 1 radical (unpaired) electrons. The van der Waals surface area contributed by atoms with E-state index < -0.39 is 0 Å². The molecule has 18 heavy (non-hydrogen) atoms. The number of ether oxygens (including phenoxy) is 1. The van der Waals surface area contributed by atoms with E-state index in [4.69, 9.17) is 4.74 Å². The van der Waals surface area contributed by atoms with Crippen LogP contribution in [0.15, 0.2) is 48.5 Å². The van der Waals surface area contributed by atoms with Gasteiger partial charge in [-0.3, -0.25) is 4.79 Å². The van der Waals surface area contributed by atoms with Crippen molar-refractivity contribution in [1.29, 1.82) is 0 Å². The lowest BCUT2D eigenvalue weighted by atomic mass is 10.2. The molecule has 1 N–H and O–H groups in total. The first-order valence-corrected chi connectivity index (χ1v) is 5.67. The normalized spacial score (nSPS) is 9.83. The molecule has 0 bridgehead atoms. The Hall–Kier alpha value is -2.29. The number of methoxy groups -OCH3 is 1. The van der Waals surface area contributed by atoms with Gasteiger partial charge in [0.1, 0.15) is 5.75 Å². The van der Waals surface area contributed by atoms with Crippen molar-refractivity contribution in [2.24, 2.45) is 0 Å². The zero-order valence-electron chi connectivity index (χ0n) is 10.1. The molecule has 0 saturated heterocycles. The Kier molecular flexibility index (Phi) is 3.97. The minimum atomic E-state index is -0.0835. The van der Waals surface area contributed by atoms with Gasteiger partial charge in [0.25, 0.3) is 5.91 Å². The van der Waals surface area contributed by atoms with E-state index in [0.717, 1.165) is 11.3 Å². The van der Waals surface area contributed by atoms with Gasteiger partial charge in [0.15, 0.2) is 0 Å². The van der Waals surface area contributed by atoms with Gasteiger partial charge >= 0.3 is 0 Å². The predicted octanol–water partition coefficient (Wildman–Crippen LogP) is 2.43. The van der Waals surface area contributed by atoms with E-state index in [1.165, 1.54) is 0 Å². The molecule has 3 nitrogen and oxygen atoms in total. The van der Waals surface area contributed by atoms with Crippen LogP contribution in [0.4, 0.5) is 0 Å². The molecule has 0 spiro atoms. The molecule has 2 aromatic rings. The molecule has 1 amide bonds. The number of benzene rings is 2. The topological polar surface area (TPSA) is 38.3 Å². The van der Waals surface area contributed by atoms with Crippen LogP contribution < -0.4 is 10.1 Å². The first-order valence-electron chi connectivity index (χ1n) is 5.67. The van der Waals surface area contributed by atoms with Crippen molar-refractivity contribution in [2.45, 2.75) is 6.54 Å². The second kappa shape index (κ2) is 5.87. The Balaban J connectivity index is 1.93. The van der Waals surface area contributed by atoms with Gasteiger partial charge < -0.3 is 10.1 Å². The first kappa shape index (κ1) is 12.2. The van der Waals surface area contributed by atoms with Crippen molar-refractivity contribution in [1.82, 2.24) is 5.32 Å². The molecule has 2 rings (SSSR count). The molecule has 0 aliphatic rings. The third-order valence-electron chi connectivity index (χ3n) is 2.59. The van der Waals surface area contributed by atoms with Gasteiger partial charge in [-0.1, -0.05) is 24.3 Å². The van der Waals surface area contributed by atoms with Crippen LogP contribution in [0, 0.1) is 6.07 Å². The highest BCUT2D eigenvalue weighted by Crippen LogP contribution is 2.11. The monoisotopic (exact) mass is 240 g/mol. The number of carbonyl (C=O) groups excluding carboxylic acids is 1. The highest BCUT2D eigenvalue weighted by molar-refractivity contribution is 5.94. The first-order chi connectivity index (χ1) is 8.79. The van der Waals surface area contributed by atoms with Gasteiger partial charge in [0.2, 0.25) is 0 Å². The van der Waals surface area contributed by atoms with E-state index in [0.29, 0.717) is 12.1 Å². The van der Waals surface area contributed by atoms with Crippen molar-refractivity contribution in [2.75, 3.05) is 7.11 Å². The Morgan fingerprint density at radius 1 is 1.17 bits per heavy atom. The average Bonchev–Trinajstić information content (AvgIpc) is 2.46. The smallest absolute Gasteiger partial charge is 0.251 e. The minimum absolute atomic E-state index is 0.0835. The second-order valence-electron chi connectivity index (χ2n) is 3.82. The summed E-state index contributed by atoms with van der Waals surface area (Å²) >= 11 is 0. The summed E-state index contributed by atoms with van der Waals surface area (Å²) in [5.41, 5.74) is 1.67. The van der Waals surface area contributed by atoms with E-state index in [1.807, 2.05) is 24.3 Å². The quantitative estimate of drug-likeness (QED) is 0.891. The van der Waals surface area contributed by atoms with Gasteiger partial charge in [-0.25, -0.2) is 0 Å². The number of carbonyl (C=O) groups is 1. The molecule has 0 unspecified atom stereocenters. The SMILES string of the molecule is COc1ccc(CNC(=O)c2cc[c]cc2)cc1. The van der Waals surface area contributed by atoms with Crippen LogP contribution in [0.3, 0.4) is 0 Å². The molecule has 3 heteroatoms. The van der Waals surface area contributed by atoms with Crippen molar-refractivity contribution in [3.05, 3.63) is 65.7 Å². The van der Waals surface area contributed by atoms with E-state index in [9.17, 15) is 4.79 Å². The standard InChI is InChI=1S/C15H14NO2/c1-18-14-9-7-12(8-10-14)11-16-15(17)13-5-3-2-4-6-13/h3-10H,11H2,1H3,(H,16,17). The third-order valence-corrected chi connectivity index (χ3v) is 2.59. The maximum absolute atomic E-state index is 11.8. The Morgan fingerprint density at radius 3 is 2.44 bits per heavy atom. The van der Waals surface area contributed by atoms with Crippen molar-refractivity contribution in [3.63, 3.8) is 0 Å². The van der Waals surface area contributed by atoms with E-state index in [1.54, 1.807) is 31.4 Å². The summed E-state index contributed by atoms with van der Waals surface area (Å²) < 4.78 is 5.07. The lowest BCUT2D eigenvalue weighted by Crippen LogP contribution is -2.22. The molecule has 0 aliphatic carbocycles. The van der Waals surface area contributed by atoms with Crippen LogP contribution in [0.1, 0.15) is 15.9 Å². The molecule has 0 saturated carbocycles. The maximum atomic E-state index is 11.8. The number of amides is 1. The third kappa shape index (κ3) is 3.10. The molecular formula is C15H14NO2. The fourth-order valence-corrected chi connectivity index (χ4v) is 1.57. The van der Waals surface area contributed by atoms with Crippen LogP contribution in [-0.2, 0) is 6.54 Å². The Labute approximate surface area is 106 Å². The zero-order valence-corrected chi connectivity index (χ0v) is 10.1. The van der Waals surface area contributed by atoms with Crippen LogP contribution in [-0.4, -0.2) is 13.0 Å². The summed E-state index contributed by atoms with van der Waals surface area (Å²) in [5.74, 6) is 0.725. The molecule has 0 atom stereocenters. The van der Waals surface area contributed by atoms with E-state index >= 15 is 0 Å². The summed E-state index contributed by atoms with van der Waals surface area (Å²) in [6.45, 7) is 0.501. The van der Waals surface area contributed by atoms with Crippen molar-refractivity contribution in [3.8, 4) is 5.75 Å². The van der Waals surface area contributed by atoms with Crippen molar-refractivity contribution >= 4 is 5.91 Å². The molecule has 0 aromatic heterocycles. The van der Waals surface area contributed by atoms with Crippen molar-refractivity contribution < 1.29 is 9.53 Å². The van der Waals surface area contributed by atoms with Gasteiger partial charge in [-0.15, -0.1) is 0 Å². The fourth-order valence-electron chi connectivity index (χ4n) is 1.57. The highest BCUT2D eigenvalue weighted by Gasteiger charge is 2.03. The molecule has 2 aromatic carbocycles. The summed E-state index contributed by atoms with van der Waals surface area (Å²) in [7, 11) is 1.63. The largest absolute Gasteiger partial charge is 0.497 e. The number of hydrogen-bond acceptors (Lipinski definition) is 2.